The number of thiazole rings is 1. The third kappa shape index (κ3) is 6.23. The molecule has 3 heterocycles. The number of nitrogens with zero attached hydrogens (tertiary/aromatic N) is 2. The lowest BCUT2D eigenvalue weighted by Gasteiger charge is -2.06. The molecule has 0 aliphatic heterocycles. The minimum absolute atomic E-state index is 0.105. The Hall–Kier alpha value is -2.10. The molecule has 140 valence electrons. The Balaban J connectivity index is 1.37. The van der Waals surface area contributed by atoms with Crippen molar-refractivity contribution < 1.29 is 9.59 Å². The lowest BCUT2D eigenvalue weighted by Crippen LogP contribution is -2.31. The molecule has 2 amide bonds. The fourth-order valence-electron chi connectivity index (χ4n) is 2.26. The maximum atomic E-state index is 12.0. The maximum Gasteiger partial charge on any atom is 0.226 e. The van der Waals surface area contributed by atoms with Crippen LogP contribution in [0.1, 0.15) is 17.7 Å². The SMILES string of the molecule is O=C(CCNC(=O)Cc1csc(-c2cc(Br)cs2)n1)NCc1ccncc1. The van der Waals surface area contributed by atoms with Crippen molar-refractivity contribution in [3.8, 4) is 9.88 Å². The van der Waals surface area contributed by atoms with Gasteiger partial charge in [0.1, 0.15) is 5.01 Å². The first-order valence-electron chi connectivity index (χ1n) is 8.21. The molecule has 0 radical (unpaired) electrons. The van der Waals surface area contributed by atoms with Crippen LogP contribution in [0.3, 0.4) is 0 Å². The van der Waals surface area contributed by atoms with Crippen LogP contribution in [-0.4, -0.2) is 28.3 Å². The van der Waals surface area contributed by atoms with Crippen LogP contribution in [0.5, 0.6) is 0 Å². The standard InChI is InChI=1S/C18H17BrN4O2S2/c19-13-7-15(26-10-13)18-23-14(11-27-18)8-17(25)21-6-3-16(24)22-9-12-1-4-20-5-2-12/h1-2,4-5,7,10-11H,3,6,8-9H2,(H,21,25)(H,22,24). The molecular weight excluding hydrogens is 448 g/mol. The van der Waals surface area contributed by atoms with Crippen LogP contribution < -0.4 is 10.6 Å². The van der Waals surface area contributed by atoms with Crippen molar-refractivity contribution in [2.45, 2.75) is 19.4 Å². The molecule has 0 saturated carbocycles. The van der Waals surface area contributed by atoms with Crippen LogP contribution in [0.2, 0.25) is 0 Å². The molecular formula is C18H17BrN4O2S2. The van der Waals surface area contributed by atoms with E-state index < -0.39 is 0 Å². The number of pyridine rings is 1. The van der Waals surface area contributed by atoms with Gasteiger partial charge in [0.15, 0.2) is 0 Å². The fourth-order valence-corrected chi connectivity index (χ4v) is 4.59. The van der Waals surface area contributed by atoms with Crippen molar-refractivity contribution in [1.29, 1.82) is 0 Å². The molecule has 0 spiro atoms. The smallest absolute Gasteiger partial charge is 0.226 e. The van der Waals surface area contributed by atoms with E-state index in [-0.39, 0.29) is 24.7 Å². The molecule has 0 aromatic carbocycles. The molecule has 3 rings (SSSR count). The van der Waals surface area contributed by atoms with Crippen LogP contribution in [0.25, 0.3) is 9.88 Å². The number of halogens is 1. The van der Waals surface area contributed by atoms with Gasteiger partial charge in [-0.1, -0.05) is 0 Å². The Labute approximate surface area is 173 Å². The molecule has 6 nitrogen and oxygen atoms in total. The summed E-state index contributed by atoms with van der Waals surface area (Å²) in [5.74, 6) is -0.243. The zero-order chi connectivity index (χ0) is 19.1. The fraction of sp³-hybridized carbons (Fsp3) is 0.222. The Morgan fingerprint density at radius 3 is 2.63 bits per heavy atom. The number of thiophene rings is 1. The van der Waals surface area contributed by atoms with Gasteiger partial charge in [-0.05, 0) is 39.7 Å². The van der Waals surface area contributed by atoms with Crippen molar-refractivity contribution in [1.82, 2.24) is 20.6 Å². The number of rotatable bonds is 8. The van der Waals surface area contributed by atoms with Crippen molar-refractivity contribution in [3.63, 3.8) is 0 Å². The largest absolute Gasteiger partial charge is 0.355 e. The van der Waals surface area contributed by atoms with E-state index in [0.29, 0.717) is 13.1 Å². The summed E-state index contributed by atoms with van der Waals surface area (Å²) in [7, 11) is 0. The third-order valence-electron chi connectivity index (χ3n) is 3.58. The van der Waals surface area contributed by atoms with Crippen molar-refractivity contribution in [3.05, 3.63) is 57.1 Å². The average Bonchev–Trinajstić information content (AvgIpc) is 3.30. The maximum absolute atomic E-state index is 12.0. The molecule has 0 aliphatic rings. The summed E-state index contributed by atoms with van der Waals surface area (Å²) >= 11 is 6.56. The first-order valence-corrected chi connectivity index (χ1v) is 10.8. The molecule has 0 atom stereocenters. The molecule has 0 bridgehead atoms. The summed E-state index contributed by atoms with van der Waals surface area (Å²) in [6.45, 7) is 0.756. The number of hydrogen-bond acceptors (Lipinski definition) is 6. The number of carbonyl (C=O) groups excluding carboxylic acids is 2. The quantitative estimate of drug-likeness (QED) is 0.534. The zero-order valence-corrected chi connectivity index (χ0v) is 17.5. The summed E-state index contributed by atoms with van der Waals surface area (Å²) in [5, 5.41) is 10.4. The molecule has 3 aromatic heterocycles. The Kier molecular flexibility index (Phi) is 7.08. The lowest BCUT2D eigenvalue weighted by atomic mass is 10.2. The summed E-state index contributed by atoms with van der Waals surface area (Å²) in [6.07, 6.45) is 3.82. The van der Waals surface area contributed by atoms with Crippen LogP contribution in [0.15, 0.2) is 45.8 Å². The summed E-state index contributed by atoms with van der Waals surface area (Å²) in [4.78, 5) is 33.4. The van der Waals surface area contributed by atoms with Gasteiger partial charge in [-0.2, -0.15) is 0 Å². The molecule has 27 heavy (non-hydrogen) atoms. The minimum atomic E-state index is -0.138. The average molecular weight is 465 g/mol. The normalized spacial score (nSPS) is 10.6. The van der Waals surface area contributed by atoms with E-state index in [1.165, 1.54) is 11.3 Å². The van der Waals surface area contributed by atoms with E-state index in [2.05, 4.69) is 36.5 Å². The highest BCUT2D eigenvalue weighted by Gasteiger charge is 2.11. The first-order chi connectivity index (χ1) is 13.1. The van der Waals surface area contributed by atoms with Crippen LogP contribution in [-0.2, 0) is 22.6 Å². The number of hydrogen-bond donors (Lipinski definition) is 2. The second-order valence-corrected chi connectivity index (χ2v) is 8.37. The molecule has 0 unspecified atom stereocenters. The van der Waals surface area contributed by atoms with Gasteiger partial charge in [-0.3, -0.25) is 14.6 Å². The van der Waals surface area contributed by atoms with Crippen LogP contribution in [0.4, 0.5) is 0 Å². The van der Waals surface area contributed by atoms with E-state index in [1.54, 1.807) is 23.7 Å². The van der Waals surface area contributed by atoms with Crippen LogP contribution in [0, 0.1) is 0 Å². The van der Waals surface area contributed by atoms with E-state index in [0.717, 1.165) is 25.6 Å². The highest BCUT2D eigenvalue weighted by Crippen LogP contribution is 2.32. The van der Waals surface area contributed by atoms with Gasteiger partial charge < -0.3 is 10.6 Å². The van der Waals surface area contributed by atoms with Crippen molar-refractivity contribution in [2.24, 2.45) is 0 Å². The minimum Gasteiger partial charge on any atom is -0.355 e. The van der Waals surface area contributed by atoms with Gasteiger partial charge in [0.25, 0.3) is 0 Å². The topological polar surface area (TPSA) is 84.0 Å². The molecule has 0 saturated heterocycles. The predicted molar refractivity (Wildman–Crippen MR) is 111 cm³/mol. The van der Waals surface area contributed by atoms with Gasteiger partial charge in [0.05, 0.1) is 17.0 Å². The summed E-state index contributed by atoms with van der Waals surface area (Å²) in [5.41, 5.74) is 1.72. The Morgan fingerprint density at radius 2 is 1.89 bits per heavy atom. The van der Waals surface area contributed by atoms with E-state index >= 15 is 0 Å². The second kappa shape index (κ2) is 9.72. The van der Waals surface area contributed by atoms with Gasteiger partial charge in [0, 0.05) is 47.1 Å². The number of carbonyl (C=O) groups is 2. The Morgan fingerprint density at radius 1 is 1.07 bits per heavy atom. The lowest BCUT2D eigenvalue weighted by molar-refractivity contribution is -0.122. The molecule has 2 N–H and O–H groups in total. The number of nitrogens with one attached hydrogen (secondary N) is 2. The number of aromatic nitrogens is 2. The summed E-state index contributed by atoms with van der Waals surface area (Å²) in [6, 6.07) is 5.70. The molecule has 9 heteroatoms. The van der Waals surface area contributed by atoms with Crippen LogP contribution >= 0.6 is 38.6 Å². The molecule has 0 fully saturated rings. The third-order valence-corrected chi connectivity index (χ3v) is 6.34. The highest BCUT2D eigenvalue weighted by molar-refractivity contribution is 9.10. The van der Waals surface area contributed by atoms with Crippen molar-refractivity contribution >= 4 is 50.4 Å². The molecule has 0 aliphatic carbocycles. The van der Waals surface area contributed by atoms with Gasteiger partial charge in [-0.15, -0.1) is 22.7 Å². The highest BCUT2D eigenvalue weighted by atomic mass is 79.9. The van der Waals surface area contributed by atoms with E-state index in [1.807, 2.05) is 29.0 Å². The first kappa shape index (κ1) is 19.7. The van der Waals surface area contributed by atoms with E-state index in [4.69, 9.17) is 0 Å². The van der Waals surface area contributed by atoms with Crippen molar-refractivity contribution in [2.75, 3.05) is 6.54 Å². The van der Waals surface area contributed by atoms with E-state index in [9.17, 15) is 9.59 Å². The summed E-state index contributed by atoms with van der Waals surface area (Å²) < 4.78 is 1.03. The van der Waals surface area contributed by atoms with Gasteiger partial charge in [0.2, 0.25) is 11.8 Å². The predicted octanol–water partition coefficient (Wildman–Crippen LogP) is 3.39. The molecule has 3 aromatic rings. The van der Waals surface area contributed by atoms with Gasteiger partial charge in [-0.25, -0.2) is 4.98 Å². The Bertz CT molecular complexity index is 911. The number of amides is 2. The van der Waals surface area contributed by atoms with Gasteiger partial charge >= 0.3 is 0 Å². The zero-order valence-electron chi connectivity index (χ0n) is 14.3. The second-order valence-electron chi connectivity index (χ2n) is 5.68. The monoisotopic (exact) mass is 464 g/mol.